The number of nitrogens with two attached hydrogens (primary N) is 1. The molecular formula is C61H101N11O17S. The van der Waals surface area contributed by atoms with Crippen LogP contribution in [0.25, 0.3) is 0 Å². The Morgan fingerprint density at radius 3 is 1.84 bits per heavy atom. The number of hydrogen-bond acceptors (Lipinski definition) is 18. The van der Waals surface area contributed by atoms with Gasteiger partial charge in [0.05, 0.1) is 93.8 Å². The van der Waals surface area contributed by atoms with Crippen molar-refractivity contribution in [2.45, 2.75) is 161 Å². The maximum atomic E-state index is 14.4. The van der Waals surface area contributed by atoms with Gasteiger partial charge in [-0.1, -0.05) is 68.7 Å². The zero-order chi connectivity index (χ0) is 67.6. The number of methoxy groups -OCH3 is 2. The van der Waals surface area contributed by atoms with Gasteiger partial charge in [-0.3, -0.25) is 53.0 Å². The van der Waals surface area contributed by atoms with Gasteiger partial charge in [-0.25, -0.2) is 17.9 Å². The maximum absolute atomic E-state index is 14.4. The summed E-state index contributed by atoms with van der Waals surface area (Å²) in [5.41, 5.74) is 5.35. The van der Waals surface area contributed by atoms with Gasteiger partial charge >= 0.3 is 6.03 Å². The molecule has 0 bridgehead atoms. The number of nitrogens with one attached hydrogen (secondary N) is 6. The summed E-state index contributed by atoms with van der Waals surface area (Å²) in [5, 5.41) is 13.5. The van der Waals surface area contributed by atoms with Gasteiger partial charge in [-0.05, 0) is 87.7 Å². The minimum Gasteiger partial charge on any atom is -0.379 e. The molecule has 0 aromatic heterocycles. The van der Waals surface area contributed by atoms with E-state index >= 15 is 0 Å². The van der Waals surface area contributed by atoms with E-state index < -0.39 is 100.0 Å². The van der Waals surface area contributed by atoms with Crippen LogP contribution in [0.4, 0.5) is 10.5 Å². The number of carbonyl (C=O) groups is 10. The molecule has 0 aliphatic carbocycles. The third-order valence-corrected chi connectivity index (χ3v) is 17.4. The van der Waals surface area contributed by atoms with E-state index in [1.165, 1.54) is 57.6 Å². The van der Waals surface area contributed by atoms with E-state index in [1.807, 2.05) is 60.5 Å². The molecule has 0 spiro atoms. The van der Waals surface area contributed by atoms with Crippen molar-refractivity contribution in [3.05, 3.63) is 36.4 Å². The Hall–Kier alpha value is -6.63. The average Bonchev–Trinajstić information content (AvgIpc) is 1.72. The van der Waals surface area contributed by atoms with E-state index in [9.17, 15) is 56.4 Å². The van der Waals surface area contributed by atoms with Gasteiger partial charge < -0.3 is 65.8 Å². The van der Waals surface area contributed by atoms with Crippen LogP contribution in [0, 0.1) is 29.6 Å². The molecule has 3 rings (SSSR count). The van der Waals surface area contributed by atoms with Crippen LogP contribution in [0.1, 0.15) is 107 Å². The van der Waals surface area contributed by atoms with Crippen LogP contribution in [0.3, 0.4) is 0 Å². The minimum atomic E-state index is -4.53. The number of ether oxygens (including phenoxy) is 5. The van der Waals surface area contributed by atoms with Gasteiger partial charge in [0.25, 0.3) is 21.8 Å². The molecule has 29 heteroatoms. The molecule has 0 radical (unpaired) electrons. The highest BCUT2D eigenvalue weighted by Crippen LogP contribution is 2.30. The number of likely N-dealkylation sites (tertiary alicyclic amines) is 1. The van der Waals surface area contributed by atoms with Crippen LogP contribution in [0.2, 0.25) is 0 Å². The van der Waals surface area contributed by atoms with E-state index in [-0.39, 0.29) is 136 Å². The molecule has 28 nitrogen and oxygen atoms in total. The fourth-order valence-electron chi connectivity index (χ4n) is 11.0. The lowest BCUT2D eigenvalue weighted by atomic mass is 9.89. The predicted molar refractivity (Wildman–Crippen MR) is 334 cm³/mol. The average molecular weight is 1290 g/mol. The van der Waals surface area contributed by atoms with Gasteiger partial charge in [-0.15, -0.1) is 0 Å². The Balaban J connectivity index is 1.64. The second-order valence-corrected chi connectivity index (χ2v) is 25.7. The van der Waals surface area contributed by atoms with E-state index in [2.05, 4.69) is 31.3 Å². The molecular weight excluding hydrogens is 1190 g/mol. The fourth-order valence-corrected chi connectivity index (χ4v) is 12.0. The second kappa shape index (κ2) is 38.3. The van der Waals surface area contributed by atoms with Crippen LogP contribution in [-0.4, -0.2) is 230 Å². The first-order valence-corrected chi connectivity index (χ1v) is 32.4. The van der Waals surface area contributed by atoms with E-state index in [4.69, 9.17) is 29.4 Å². The first-order valence-electron chi connectivity index (χ1n) is 30.9. The summed E-state index contributed by atoms with van der Waals surface area (Å²) in [6.07, 6.45) is 2.30. The highest BCUT2D eigenvalue weighted by atomic mass is 32.2. The zero-order valence-corrected chi connectivity index (χ0v) is 55.8. The van der Waals surface area contributed by atoms with Crippen molar-refractivity contribution < 1.29 is 80.0 Å². The lowest BCUT2D eigenvalue weighted by Crippen LogP contribution is -2.59. The lowest BCUT2D eigenvalue weighted by Gasteiger charge is -2.41. The van der Waals surface area contributed by atoms with E-state index in [0.717, 1.165) is 4.90 Å². The predicted octanol–water partition coefficient (Wildman–Crippen LogP) is 1.52. The van der Waals surface area contributed by atoms with Crippen molar-refractivity contribution >= 4 is 74.9 Å². The summed E-state index contributed by atoms with van der Waals surface area (Å²) in [6.45, 7) is 18.0. The standard InChI is InChI=1S/C61H101N11O17S/c1-15-40(8)54(70(12)60(81)52(38(4)5)67-59(80)53(39(6)7)69(10)11)46(85-13)36-50(76)71-28-17-19-45(71)55(86-14)41(9)56(77)68-90(83,84)43-22-20-42(21-23-43)64-57(78)44(18-16-27-63-61(62)82)65-58(79)51(37(2)3)66-47(73)26-30-87-32-34-89-35-33-88-31-29-72-48(74)24-25-49(72)75/h20-25,37-41,44-46,51-55H,15-19,26-36H2,1-14H3,(H,64,78)(H,65,79)(H,66,73)(H,67,80)(H,68,77)(H3,62,63,82). The molecule has 90 heavy (non-hydrogen) atoms. The van der Waals surface area contributed by atoms with Crippen LogP contribution in [0.5, 0.6) is 0 Å². The number of benzene rings is 1. The largest absolute Gasteiger partial charge is 0.379 e. The normalized spacial score (nSPS) is 17.3. The number of imide groups is 1. The molecule has 2 heterocycles. The first kappa shape index (κ1) is 77.6. The third-order valence-electron chi connectivity index (χ3n) is 16.1. The topological polar surface area (TPSA) is 362 Å². The van der Waals surface area contributed by atoms with Gasteiger partial charge in [0.1, 0.15) is 18.1 Å². The van der Waals surface area contributed by atoms with Crippen LogP contribution in [0.15, 0.2) is 41.3 Å². The molecule has 10 atom stereocenters. The molecule has 0 saturated carbocycles. The number of sulfonamides is 1. The molecule has 1 fully saturated rings. The molecule has 1 aromatic carbocycles. The molecule has 1 aromatic rings. The number of primary amides is 1. The highest BCUT2D eigenvalue weighted by Gasteiger charge is 2.44. The second-order valence-electron chi connectivity index (χ2n) is 24.0. The number of anilines is 1. The molecule has 10 unspecified atom stereocenters. The van der Waals surface area contributed by atoms with Crippen molar-refractivity contribution in [1.29, 1.82) is 0 Å². The zero-order valence-electron chi connectivity index (χ0n) is 55.0. The van der Waals surface area contributed by atoms with E-state index in [0.29, 0.717) is 25.8 Å². The number of likely N-dealkylation sites (N-methyl/N-ethyl adjacent to an activating group) is 2. The smallest absolute Gasteiger partial charge is 0.312 e. The Morgan fingerprint density at radius 1 is 0.722 bits per heavy atom. The number of nitrogens with zero attached hydrogens (tertiary/aromatic N) is 4. The lowest BCUT2D eigenvalue weighted by molar-refractivity contribution is -0.148. The molecule has 2 aliphatic heterocycles. The Morgan fingerprint density at radius 2 is 1.31 bits per heavy atom. The van der Waals surface area contributed by atoms with Crippen molar-refractivity contribution in [3.8, 4) is 0 Å². The summed E-state index contributed by atoms with van der Waals surface area (Å²) in [7, 11) is 3.63. The number of hydrogen-bond donors (Lipinski definition) is 7. The quantitative estimate of drug-likeness (QED) is 0.0361. The fraction of sp³-hybridized carbons (Fsp3) is 0.705. The monoisotopic (exact) mass is 1290 g/mol. The SMILES string of the molecule is CCC(C)C(C(CC(=O)N1CCCC1C(OC)C(C)C(=O)NS(=O)(=O)c1ccc(NC(=O)C(CCCNC(N)=O)NC(=O)C(NC(=O)CCOCCOCCOCCN2C(=O)C=CC2=O)C(C)C)cc1)OC)N(C)C(=O)C(NC(=O)C(C(C)C)N(C)C)C(C)C. The Bertz CT molecular complexity index is 2670. The number of amides is 11. The number of urea groups is 1. The van der Waals surface area contributed by atoms with Crippen molar-refractivity contribution in [2.24, 2.45) is 35.3 Å². The highest BCUT2D eigenvalue weighted by molar-refractivity contribution is 7.90. The minimum absolute atomic E-state index is 0.00784. The number of carbonyl (C=O) groups excluding carboxylic acids is 10. The van der Waals surface area contributed by atoms with E-state index in [1.54, 1.807) is 30.7 Å². The van der Waals surface area contributed by atoms with Crippen molar-refractivity contribution in [2.75, 3.05) is 100.0 Å². The summed E-state index contributed by atoms with van der Waals surface area (Å²) in [4.78, 5) is 137. The van der Waals surface area contributed by atoms with Gasteiger partial charge in [0.15, 0.2) is 0 Å². The molecule has 1 saturated heterocycles. The maximum Gasteiger partial charge on any atom is 0.312 e. The Kier molecular flexibility index (Phi) is 33.0. The van der Waals surface area contributed by atoms with Crippen molar-refractivity contribution in [1.82, 2.24) is 45.6 Å². The van der Waals surface area contributed by atoms with Gasteiger partial charge in [-0.2, -0.15) is 0 Å². The summed E-state index contributed by atoms with van der Waals surface area (Å²) in [6, 6.07) is -0.698. The summed E-state index contributed by atoms with van der Waals surface area (Å²) in [5.74, 6) is -6.41. The van der Waals surface area contributed by atoms with Crippen molar-refractivity contribution in [3.63, 3.8) is 0 Å². The van der Waals surface area contributed by atoms with Crippen LogP contribution in [-0.2, 0) is 76.9 Å². The summed E-state index contributed by atoms with van der Waals surface area (Å²) < 4.78 is 57.9. The molecule has 508 valence electrons. The molecule has 11 amide bonds. The Labute approximate surface area is 530 Å². The molecule has 8 N–H and O–H groups in total. The summed E-state index contributed by atoms with van der Waals surface area (Å²) >= 11 is 0. The number of rotatable bonds is 41. The van der Waals surface area contributed by atoms with Gasteiger partial charge in [0.2, 0.25) is 41.4 Å². The third kappa shape index (κ3) is 23.9. The van der Waals surface area contributed by atoms with Crippen LogP contribution >= 0.6 is 0 Å². The first-order chi connectivity index (χ1) is 42.4. The van der Waals surface area contributed by atoms with Gasteiger partial charge in [0, 0.05) is 58.6 Å². The van der Waals surface area contributed by atoms with Crippen LogP contribution < -0.4 is 37.0 Å². The molecule has 2 aliphatic rings.